The average Bonchev–Trinajstić information content (AvgIpc) is 2.67. The first-order chi connectivity index (χ1) is 13.4. The van der Waals surface area contributed by atoms with E-state index in [0.717, 1.165) is 33.7 Å². The van der Waals surface area contributed by atoms with Crippen LogP contribution in [0.3, 0.4) is 0 Å². The van der Waals surface area contributed by atoms with Gasteiger partial charge in [0.15, 0.2) is 0 Å². The number of anilines is 3. The third-order valence-electron chi connectivity index (χ3n) is 4.37. The molecule has 0 atom stereocenters. The Morgan fingerprint density at radius 1 is 0.857 bits per heavy atom. The van der Waals surface area contributed by atoms with Crippen LogP contribution < -0.4 is 14.8 Å². The van der Waals surface area contributed by atoms with E-state index in [1.54, 1.807) is 18.2 Å². The molecule has 0 saturated carbocycles. The van der Waals surface area contributed by atoms with E-state index in [1.807, 2.05) is 48.5 Å². The van der Waals surface area contributed by atoms with Crippen LogP contribution in [0.5, 0.6) is 5.75 Å². The van der Waals surface area contributed by atoms with Crippen LogP contribution in [0.25, 0.3) is 21.8 Å². The van der Waals surface area contributed by atoms with Gasteiger partial charge in [0, 0.05) is 16.8 Å². The molecule has 0 saturated heterocycles. The first kappa shape index (κ1) is 18.1. The van der Waals surface area contributed by atoms with E-state index in [0.29, 0.717) is 17.1 Å². The molecular weight excluding hydrogens is 374 g/mol. The highest BCUT2D eigenvalue weighted by molar-refractivity contribution is 7.92. The van der Waals surface area contributed by atoms with Crippen LogP contribution in [0, 0.1) is 0 Å². The number of para-hydroxylation sites is 2. The smallest absolute Gasteiger partial charge is 0.229 e. The number of hydrogen-bond donors (Lipinski definition) is 2. The molecule has 142 valence electrons. The van der Waals surface area contributed by atoms with Gasteiger partial charge in [0.2, 0.25) is 10.0 Å². The van der Waals surface area contributed by atoms with Crippen molar-refractivity contribution in [1.29, 1.82) is 0 Å². The van der Waals surface area contributed by atoms with Gasteiger partial charge in [-0.1, -0.05) is 36.4 Å². The number of benzene rings is 3. The Labute approximate surface area is 163 Å². The number of ether oxygens (including phenoxy) is 1. The second-order valence-corrected chi connectivity index (χ2v) is 8.18. The van der Waals surface area contributed by atoms with E-state index in [2.05, 4.69) is 10.0 Å². The third-order valence-corrected chi connectivity index (χ3v) is 4.96. The molecule has 7 heteroatoms. The Bertz CT molecular complexity index is 1230. The summed E-state index contributed by atoms with van der Waals surface area (Å²) in [5.74, 6) is 0.557. The van der Waals surface area contributed by atoms with E-state index in [-0.39, 0.29) is 0 Å². The first-order valence-electron chi connectivity index (χ1n) is 8.65. The predicted octanol–water partition coefficient (Wildman–Crippen LogP) is 4.51. The molecule has 6 nitrogen and oxygen atoms in total. The normalized spacial score (nSPS) is 11.5. The molecule has 0 bridgehead atoms. The maximum atomic E-state index is 11.8. The van der Waals surface area contributed by atoms with Crippen molar-refractivity contribution >= 4 is 48.9 Å². The summed E-state index contributed by atoms with van der Waals surface area (Å²) in [5.41, 5.74) is 3.60. The summed E-state index contributed by atoms with van der Waals surface area (Å²) < 4.78 is 31.5. The molecule has 3 aromatic carbocycles. The molecule has 0 aliphatic rings. The summed E-state index contributed by atoms with van der Waals surface area (Å²) in [6.07, 6.45) is 1.12. The fourth-order valence-electron chi connectivity index (χ4n) is 3.15. The molecule has 0 fully saturated rings. The summed E-state index contributed by atoms with van der Waals surface area (Å²) in [4.78, 5) is 4.72. The number of sulfonamides is 1. The highest BCUT2D eigenvalue weighted by Crippen LogP contribution is 2.36. The van der Waals surface area contributed by atoms with Crippen molar-refractivity contribution in [3.8, 4) is 5.75 Å². The van der Waals surface area contributed by atoms with Crippen molar-refractivity contribution in [3.63, 3.8) is 0 Å². The third kappa shape index (κ3) is 3.57. The minimum Gasteiger partial charge on any atom is -0.497 e. The lowest BCUT2D eigenvalue weighted by Gasteiger charge is -2.17. The van der Waals surface area contributed by atoms with Gasteiger partial charge in [-0.05, 0) is 24.3 Å². The van der Waals surface area contributed by atoms with Gasteiger partial charge in [0.05, 0.1) is 41.5 Å². The summed E-state index contributed by atoms with van der Waals surface area (Å²) in [6, 6.07) is 20.9. The zero-order valence-electron chi connectivity index (χ0n) is 15.4. The minimum atomic E-state index is -3.46. The highest BCUT2D eigenvalue weighted by atomic mass is 32.2. The molecule has 28 heavy (non-hydrogen) atoms. The topological polar surface area (TPSA) is 80.3 Å². The van der Waals surface area contributed by atoms with E-state index < -0.39 is 10.0 Å². The lowest BCUT2D eigenvalue weighted by Crippen LogP contribution is -2.11. The zero-order valence-corrected chi connectivity index (χ0v) is 16.2. The molecule has 0 spiro atoms. The Hall–Kier alpha value is -3.32. The van der Waals surface area contributed by atoms with Crippen LogP contribution in [0.4, 0.5) is 17.1 Å². The Kier molecular flexibility index (Phi) is 4.52. The fraction of sp³-hybridized carbons (Fsp3) is 0.0952. The van der Waals surface area contributed by atoms with Crippen LogP contribution in [-0.2, 0) is 10.0 Å². The van der Waals surface area contributed by atoms with E-state index >= 15 is 0 Å². The average molecular weight is 393 g/mol. The first-order valence-corrected chi connectivity index (χ1v) is 10.5. The van der Waals surface area contributed by atoms with Gasteiger partial charge in [0.1, 0.15) is 5.75 Å². The monoisotopic (exact) mass is 393 g/mol. The van der Waals surface area contributed by atoms with Crippen LogP contribution in [0.15, 0.2) is 66.7 Å². The molecule has 0 aliphatic heterocycles. The number of hydrogen-bond acceptors (Lipinski definition) is 5. The molecule has 0 amide bonds. The molecule has 0 unspecified atom stereocenters. The van der Waals surface area contributed by atoms with E-state index in [9.17, 15) is 8.42 Å². The van der Waals surface area contributed by atoms with Crippen LogP contribution >= 0.6 is 0 Å². The molecule has 4 rings (SSSR count). The molecule has 2 N–H and O–H groups in total. The highest BCUT2D eigenvalue weighted by Gasteiger charge is 2.13. The number of nitrogens with zero attached hydrogens (tertiary/aromatic N) is 1. The maximum absolute atomic E-state index is 11.8. The van der Waals surface area contributed by atoms with Crippen molar-refractivity contribution in [1.82, 2.24) is 4.98 Å². The standard InChI is InChI=1S/C21H19N3O3S/c1-27-14-11-12-19(20(13-14)24-28(2,25)26)23-21-15-7-3-5-9-17(15)22-18-10-6-4-8-16(18)21/h3-13,24H,1-2H3,(H,22,23). The fourth-order valence-corrected chi connectivity index (χ4v) is 3.72. The summed E-state index contributed by atoms with van der Waals surface area (Å²) in [7, 11) is -1.92. The van der Waals surface area contributed by atoms with Gasteiger partial charge in [-0.25, -0.2) is 13.4 Å². The van der Waals surface area contributed by atoms with Gasteiger partial charge in [0.25, 0.3) is 0 Å². The number of nitrogens with one attached hydrogen (secondary N) is 2. The van der Waals surface area contributed by atoms with Crippen LogP contribution in [-0.4, -0.2) is 26.8 Å². The van der Waals surface area contributed by atoms with Crippen molar-refractivity contribution < 1.29 is 13.2 Å². The largest absolute Gasteiger partial charge is 0.497 e. The van der Waals surface area contributed by atoms with Gasteiger partial charge in [-0.15, -0.1) is 0 Å². The number of pyridine rings is 1. The van der Waals surface area contributed by atoms with Crippen molar-refractivity contribution in [3.05, 3.63) is 66.7 Å². The molecule has 1 heterocycles. The molecule has 0 radical (unpaired) electrons. The van der Waals surface area contributed by atoms with Crippen molar-refractivity contribution in [2.24, 2.45) is 0 Å². The summed E-state index contributed by atoms with van der Waals surface area (Å²) in [6.45, 7) is 0. The van der Waals surface area contributed by atoms with Crippen molar-refractivity contribution in [2.45, 2.75) is 0 Å². The lowest BCUT2D eigenvalue weighted by atomic mass is 10.1. The van der Waals surface area contributed by atoms with Crippen LogP contribution in [0.2, 0.25) is 0 Å². The van der Waals surface area contributed by atoms with Gasteiger partial charge < -0.3 is 10.1 Å². The van der Waals surface area contributed by atoms with E-state index in [1.165, 1.54) is 7.11 Å². The van der Waals surface area contributed by atoms with Gasteiger partial charge in [-0.2, -0.15) is 0 Å². The Balaban J connectivity index is 1.92. The molecule has 1 aromatic heterocycles. The number of methoxy groups -OCH3 is 1. The minimum absolute atomic E-state index is 0.409. The van der Waals surface area contributed by atoms with Crippen molar-refractivity contribution in [2.75, 3.05) is 23.4 Å². The second kappa shape index (κ2) is 7.01. The number of fused-ring (bicyclic) bond motifs is 2. The van der Waals surface area contributed by atoms with E-state index in [4.69, 9.17) is 9.72 Å². The maximum Gasteiger partial charge on any atom is 0.229 e. The SMILES string of the molecule is COc1ccc(Nc2c3ccccc3nc3ccccc23)c(NS(C)(=O)=O)c1. The second-order valence-electron chi connectivity index (χ2n) is 6.43. The quantitative estimate of drug-likeness (QED) is 0.488. The van der Waals surface area contributed by atoms with Gasteiger partial charge in [-0.3, -0.25) is 4.72 Å². The Morgan fingerprint density at radius 3 is 2.04 bits per heavy atom. The summed E-state index contributed by atoms with van der Waals surface area (Å²) >= 11 is 0. The number of aromatic nitrogens is 1. The molecular formula is C21H19N3O3S. The molecule has 4 aromatic rings. The lowest BCUT2D eigenvalue weighted by molar-refractivity contribution is 0.415. The predicted molar refractivity (Wildman–Crippen MR) is 114 cm³/mol. The zero-order chi connectivity index (χ0) is 19.7. The van der Waals surface area contributed by atoms with Gasteiger partial charge >= 0.3 is 0 Å². The van der Waals surface area contributed by atoms with Crippen LogP contribution in [0.1, 0.15) is 0 Å². The Morgan fingerprint density at radius 2 is 1.46 bits per heavy atom. The molecule has 0 aliphatic carbocycles. The summed E-state index contributed by atoms with van der Waals surface area (Å²) in [5, 5.41) is 5.30. The number of rotatable bonds is 5.